The Morgan fingerprint density at radius 3 is 2.19 bits per heavy atom. The molecule has 2 nitrogen and oxygen atoms in total. The molecule has 0 saturated carbocycles. The summed E-state index contributed by atoms with van der Waals surface area (Å²) in [5.74, 6) is -2.55. The third kappa shape index (κ3) is 3.61. The molecule has 0 fully saturated rings. The SMILES string of the molecule is COc1ccc(COc2c(F)cc(CCl)cc2F)c(F)c1. The van der Waals surface area contributed by atoms with E-state index in [9.17, 15) is 13.2 Å². The summed E-state index contributed by atoms with van der Waals surface area (Å²) >= 11 is 5.51. The summed E-state index contributed by atoms with van der Waals surface area (Å²) in [7, 11) is 1.41. The highest BCUT2D eigenvalue weighted by Crippen LogP contribution is 2.26. The molecule has 0 spiro atoms. The van der Waals surface area contributed by atoms with Gasteiger partial charge in [-0.05, 0) is 29.8 Å². The average molecular weight is 317 g/mol. The average Bonchev–Trinajstić information content (AvgIpc) is 2.47. The topological polar surface area (TPSA) is 18.5 Å². The standard InChI is InChI=1S/C15H12ClF3O2/c1-20-11-3-2-10(12(17)6-11)8-21-15-13(18)4-9(7-16)5-14(15)19/h2-6H,7-8H2,1H3. The van der Waals surface area contributed by atoms with Crippen LogP contribution < -0.4 is 9.47 Å². The van der Waals surface area contributed by atoms with E-state index in [-0.39, 0.29) is 18.1 Å². The minimum absolute atomic E-state index is 0.0127. The lowest BCUT2D eigenvalue weighted by Crippen LogP contribution is -2.03. The smallest absolute Gasteiger partial charge is 0.191 e. The Balaban J connectivity index is 2.17. The van der Waals surface area contributed by atoms with Gasteiger partial charge in [0, 0.05) is 17.5 Å². The fraction of sp³-hybridized carbons (Fsp3) is 0.200. The van der Waals surface area contributed by atoms with Crippen molar-refractivity contribution in [2.45, 2.75) is 12.5 Å². The number of hydrogen-bond acceptors (Lipinski definition) is 2. The summed E-state index contributed by atoms with van der Waals surface area (Å²) in [5.41, 5.74) is 0.464. The Labute approximate surface area is 125 Å². The molecule has 0 saturated heterocycles. The summed E-state index contributed by atoms with van der Waals surface area (Å²) in [5, 5.41) is 0. The van der Waals surface area contributed by atoms with E-state index in [0.29, 0.717) is 11.3 Å². The number of hydrogen-bond donors (Lipinski definition) is 0. The fourth-order valence-corrected chi connectivity index (χ4v) is 1.90. The molecule has 112 valence electrons. The van der Waals surface area contributed by atoms with E-state index in [4.69, 9.17) is 21.1 Å². The van der Waals surface area contributed by atoms with Crippen LogP contribution in [0.25, 0.3) is 0 Å². The van der Waals surface area contributed by atoms with E-state index >= 15 is 0 Å². The molecular formula is C15H12ClF3O2. The van der Waals surface area contributed by atoms with Crippen molar-refractivity contribution in [2.75, 3.05) is 7.11 Å². The maximum absolute atomic E-state index is 13.7. The van der Waals surface area contributed by atoms with Crippen LogP contribution in [-0.2, 0) is 12.5 Å². The van der Waals surface area contributed by atoms with Crippen LogP contribution in [0, 0.1) is 17.5 Å². The van der Waals surface area contributed by atoms with E-state index in [1.54, 1.807) is 0 Å². The molecule has 0 atom stereocenters. The Morgan fingerprint density at radius 1 is 1.00 bits per heavy atom. The normalized spacial score (nSPS) is 10.5. The molecule has 0 aliphatic rings. The minimum atomic E-state index is -0.875. The first-order chi connectivity index (χ1) is 10.0. The van der Waals surface area contributed by atoms with Gasteiger partial charge in [0.1, 0.15) is 18.2 Å². The summed E-state index contributed by atoms with van der Waals surface area (Å²) in [6, 6.07) is 6.29. The first-order valence-electron chi connectivity index (χ1n) is 6.04. The van der Waals surface area contributed by atoms with Gasteiger partial charge in [-0.25, -0.2) is 13.2 Å². The molecule has 2 aromatic rings. The van der Waals surface area contributed by atoms with E-state index in [1.165, 1.54) is 25.3 Å². The van der Waals surface area contributed by atoms with Crippen molar-refractivity contribution in [3.8, 4) is 11.5 Å². The van der Waals surface area contributed by atoms with Crippen LogP contribution in [0.5, 0.6) is 11.5 Å². The van der Waals surface area contributed by atoms with Crippen LogP contribution in [0.2, 0.25) is 0 Å². The van der Waals surface area contributed by atoms with Crippen molar-refractivity contribution in [3.05, 3.63) is 58.9 Å². The second kappa shape index (κ2) is 6.72. The van der Waals surface area contributed by atoms with Crippen LogP contribution in [0.15, 0.2) is 30.3 Å². The maximum atomic E-state index is 13.7. The summed E-state index contributed by atoms with van der Waals surface area (Å²) in [6.07, 6.45) is 0. The third-order valence-electron chi connectivity index (χ3n) is 2.84. The predicted molar refractivity (Wildman–Crippen MR) is 73.2 cm³/mol. The van der Waals surface area contributed by atoms with Crippen LogP contribution in [0.1, 0.15) is 11.1 Å². The van der Waals surface area contributed by atoms with Crippen molar-refractivity contribution in [3.63, 3.8) is 0 Å². The Kier molecular flexibility index (Phi) is 4.96. The molecule has 0 bridgehead atoms. The summed E-state index contributed by atoms with van der Waals surface area (Å²) < 4.78 is 51.0. The number of alkyl halides is 1. The lowest BCUT2D eigenvalue weighted by molar-refractivity contribution is 0.268. The molecule has 0 aromatic heterocycles. The Morgan fingerprint density at radius 2 is 1.67 bits per heavy atom. The zero-order chi connectivity index (χ0) is 15.4. The lowest BCUT2D eigenvalue weighted by atomic mass is 10.2. The van der Waals surface area contributed by atoms with Crippen molar-refractivity contribution in [2.24, 2.45) is 0 Å². The zero-order valence-electron chi connectivity index (χ0n) is 11.1. The fourth-order valence-electron chi connectivity index (χ4n) is 1.75. The molecule has 0 aliphatic carbocycles. The molecule has 0 heterocycles. The van der Waals surface area contributed by atoms with Gasteiger partial charge in [-0.2, -0.15) is 0 Å². The zero-order valence-corrected chi connectivity index (χ0v) is 11.9. The molecule has 0 N–H and O–H groups in total. The lowest BCUT2D eigenvalue weighted by Gasteiger charge is -2.10. The minimum Gasteiger partial charge on any atom is -0.497 e. The molecule has 21 heavy (non-hydrogen) atoms. The quantitative estimate of drug-likeness (QED) is 0.760. The van der Waals surface area contributed by atoms with Gasteiger partial charge in [0.15, 0.2) is 17.4 Å². The third-order valence-corrected chi connectivity index (χ3v) is 3.15. The van der Waals surface area contributed by atoms with Gasteiger partial charge in [0.2, 0.25) is 0 Å². The monoisotopic (exact) mass is 316 g/mol. The van der Waals surface area contributed by atoms with Crippen molar-refractivity contribution in [1.29, 1.82) is 0 Å². The molecule has 0 aliphatic heterocycles. The van der Waals surface area contributed by atoms with Gasteiger partial charge in [0.05, 0.1) is 7.11 Å². The van der Waals surface area contributed by atoms with Gasteiger partial charge < -0.3 is 9.47 Å². The number of rotatable bonds is 5. The van der Waals surface area contributed by atoms with Gasteiger partial charge in [-0.1, -0.05) is 0 Å². The van der Waals surface area contributed by atoms with Crippen LogP contribution in [0.4, 0.5) is 13.2 Å². The van der Waals surface area contributed by atoms with Crippen LogP contribution in [0.3, 0.4) is 0 Å². The highest BCUT2D eigenvalue weighted by Gasteiger charge is 2.14. The van der Waals surface area contributed by atoms with Crippen molar-refractivity contribution >= 4 is 11.6 Å². The highest BCUT2D eigenvalue weighted by molar-refractivity contribution is 6.17. The van der Waals surface area contributed by atoms with Crippen molar-refractivity contribution in [1.82, 2.24) is 0 Å². The Hall–Kier alpha value is -1.88. The number of benzene rings is 2. The number of halogens is 4. The summed E-state index contributed by atoms with van der Waals surface area (Å²) in [4.78, 5) is 0. The summed E-state index contributed by atoms with van der Waals surface area (Å²) in [6.45, 7) is -0.302. The largest absolute Gasteiger partial charge is 0.497 e. The number of ether oxygens (including phenoxy) is 2. The maximum Gasteiger partial charge on any atom is 0.191 e. The molecule has 0 radical (unpaired) electrons. The van der Waals surface area contributed by atoms with E-state index < -0.39 is 23.2 Å². The predicted octanol–water partition coefficient (Wildman–Crippen LogP) is 4.43. The molecule has 2 rings (SSSR count). The van der Waals surface area contributed by atoms with Gasteiger partial charge in [-0.3, -0.25) is 0 Å². The van der Waals surface area contributed by atoms with Crippen molar-refractivity contribution < 1.29 is 22.6 Å². The van der Waals surface area contributed by atoms with Crippen LogP contribution >= 0.6 is 11.6 Å². The Bertz CT molecular complexity index is 624. The second-order valence-corrected chi connectivity index (χ2v) is 4.54. The molecule has 2 aromatic carbocycles. The first-order valence-corrected chi connectivity index (χ1v) is 6.57. The van der Waals surface area contributed by atoms with E-state index in [1.807, 2.05) is 0 Å². The van der Waals surface area contributed by atoms with E-state index in [0.717, 1.165) is 12.1 Å². The first kappa shape index (κ1) is 15.5. The van der Waals surface area contributed by atoms with E-state index in [2.05, 4.69) is 0 Å². The highest BCUT2D eigenvalue weighted by atomic mass is 35.5. The van der Waals surface area contributed by atoms with Crippen LogP contribution in [-0.4, -0.2) is 7.11 Å². The van der Waals surface area contributed by atoms with Gasteiger partial charge in [0.25, 0.3) is 0 Å². The second-order valence-electron chi connectivity index (χ2n) is 4.27. The van der Waals surface area contributed by atoms with Gasteiger partial charge in [-0.15, -0.1) is 11.6 Å². The van der Waals surface area contributed by atoms with Gasteiger partial charge >= 0.3 is 0 Å². The molecule has 0 unspecified atom stereocenters. The number of methoxy groups -OCH3 is 1. The molecule has 6 heteroatoms. The molecule has 0 amide bonds. The molecular weight excluding hydrogens is 305 g/mol.